The van der Waals surface area contributed by atoms with Gasteiger partial charge in [0.2, 0.25) is 0 Å². The summed E-state index contributed by atoms with van der Waals surface area (Å²) < 4.78 is 1.74. The summed E-state index contributed by atoms with van der Waals surface area (Å²) in [5.41, 5.74) is 0.624. The van der Waals surface area contributed by atoms with Crippen LogP contribution in [0, 0.1) is 5.41 Å². The SMILES string of the molecule is CC1(CNCCn2ccccc2=O)CC1. The second kappa shape index (κ2) is 4.19. The second-order valence-corrected chi connectivity index (χ2v) is 4.72. The molecular weight excluding hydrogens is 188 g/mol. The van der Waals surface area contributed by atoms with Gasteiger partial charge in [0.25, 0.3) is 5.56 Å². The lowest BCUT2D eigenvalue weighted by Crippen LogP contribution is -2.29. The molecule has 0 amide bonds. The summed E-state index contributed by atoms with van der Waals surface area (Å²) in [5, 5.41) is 3.40. The molecule has 0 unspecified atom stereocenters. The quantitative estimate of drug-likeness (QED) is 0.735. The number of nitrogens with zero attached hydrogens (tertiary/aromatic N) is 1. The molecule has 0 atom stereocenters. The van der Waals surface area contributed by atoms with Gasteiger partial charge < -0.3 is 9.88 Å². The molecule has 0 aromatic carbocycles. The summed E-state index contributed by atoms with van der Waals surface area (Å²) in [7, 11) is 0. The molecule has 1 fully saturated rings. The summed E-state index contributed by atoms with van der Waals surface area (Å²) in [6, 6.07) is 5.27. The topological polar surface area (TPSA) is 34.0 Å². The van der Waals surface area contributed by atoms with Crippen molar-refractivity contribution in [2.24, 2.45) is 5.41 Å². The van der Waals surface area contributed by atoms with E-state index in [1.807, 2.05) is 12.3 Å². The van der Waals surface area contributed by atoms with Crippen LogP contribution in [0.2, 0.25) is 0 Å². The molecular formula is C12H18N2O. The minimum Gasteiger partial charge on any atom is -0.314 e. The van der Waals surface area contributed by atoms with E-state index in [1.165, 1.54) is 12.8 Å². The fraction of sp³-hybridized carbons (Fsp3) is 0.583. The molecule has 0 spiro atoms. The normalized spacial score (nSPS) is 17.7. The maximum Gasteiger partial charge on any atom is 0.250 e. The Balaban J connectivity index is 1.74. The monoisotopic (exact) mass is 206 g/mol. The van der Waals surface area contributed by atoms with Crippen molar-refractivity contribution in [2.45, 2.75) is 26.3 Å². The number of nitrogens with one attached hydrogen (secondary N) is 1. The zero-order chi connectivity index (χ0) is 10.7. The van der Waals surface area contributed by atoms with Gasteiger partial charge in [0, 0.05) is 31.9 Å². The van der Waals surface area contributed by atoms with Crippen LogP contribution in [0.1, 0.15) is 19.8 Å². The molecule has 0 saturated heterocycles. The fourth-order valence-electron chi connectivity index (χ4n) is 1.63. The van der Waals surface area contributed by atoms with Crippen molar-refractivity contribution in [2.75, 3.05) is 13.1 Å². The van der Waals surface area contributed by atoms with Gasteiger partial charge in [0.15, 0.2) is 0 Å². The number of aromatic nitrogens is 1. The van der Waals surface area contributed by atoms with Crippen molar-refractivity contribution < 1.29 is 0 Å². The minimum absolute atomic E-state index is 0.0805. The molecule has 0 radical (unpaired) electrons. The van der Waals surface area contributed by atoms with Gasteiger partial charge in [-0.25, -0.2) is 0 Å². The smallest absolute Gasteiger partial charge is 0.250 e. The average Bonchev–Trinajstić information content (AvgIpc) is 2.94. The van der Waals surface area contributed by atoms with Crippen LogP contribution in [0.15, 0.2) is 29.2 Å². The Morgan fingerprint density at radius 3 is 2.93 bits per heavy atom. The number of rotatable bonds is 5. The van der Waals surface area contributed by atoms with Gasteiger partial charge in [0.05, 0.1) is 0 Å². The summed E-state index contributed by atoms with van der Waals surface area (Å²) in [5.74, 6) is 0. The first-order chi connectivity index (χ1) is 7.20. The lowest BCUT2D eigenvalue weighted by atomic mass is 10.1. The first-order valence-electron chi connectivity index (χ1n) is 5.56. The molecule has 1 N–H and O–H groups in total. The number of hydrogen-bond acceptors (Lipinski definition) is 2. The van der Waals surface area contributed by atoms with Gasteiger partial charge in [-0.05, 0) is 24.3 Å². The molecule has 1 aromatic heterocycles. The second-order valence-electron chi connectivity index (χ2n) is 4.72. The highest BCUT2D eigenvalue weighted by Gasteiger charge is 2.36. The van der Waals surface area contributed by atoms with Crippen molar-refractivity contribution in [1.82, 2.24) is 9.88 Å². The van der Waals surface area contributed by atoms with Crippen LogP contribution < -0.4 is 10.9 Å². The van der Waals surface area contributed by atoms with Crippen LogP contribution in [0.5, 0.6) is 0 Å². The molecule has 1 aliphatic rings. The Morgan fingerprint density at radius 1 is 1.47 bits per heavy atom. The first-order valence-corrected chi connectivity index (χ1v) is 5.56. The largest absolute Gasteiger partial charge is 0.314 e. The van der Waals surface area contributed by atoms with E-state index in [0.717, 1.165) is 19.6 Å². The highest BCUT2D eigenvalue weighted by Crippen LogP contribution is 2.43. The predicted octanol–water partition coefficient (Wildman–Crippen LogP) is 1.24. The van der Waals surface area contributed by atoms with Crippen molar-refractivity contribution in [3.05, 3.63) is 34.7 Å². The van der Waals surface area contributed by atoms with Crippen LogP contribution in [0.4, 0.5) is 0 Å². The highest BCUT2D eigenvalue weighted by molar-refractivity contribution is 4.93. The van der Waals surface area contributed by atoms with Crippen LogP contribution in [0.3, 0.4) is 0 Å². The molecule has 2 rings (SSSR count). The zero-order valence-corrected chi connectivity index (χ0v) is 9.20. The van der Waals surface area contributed by atoms with Gasteiger partial charge in [0.1, 0.15) is 0 Å². The summed E-state index contributed by atoms with van der Waals surface area (Å²) >= 11 is 0. The summed E-state index contributed by atoms with van der Waals surface area (Å²) in [6.07, 6.45) is 4.51. The van der Waals surface area contributed by atoms with E-state index in [1.54, 1.807) is 16.7 Å². The Labute approximate surface area is 90.1 Å². The molecule has 1 aromatic rings. The van der Waals surface area contributed by atoms with E-state index in [4.69, 9.17) is 0 Å². The molecule has 3 heteroatoms. The maximum atomic E-state index is 11.4. The van der Waals surface area contributed by atoms with Crippen LogP contribution in [-0.2, 0) is 6.54 Å². The third-order valence-electron chi connectivity index (χ3n) is 3.08. The van der Waals surface area contributed by atoms with Crippen molar-refractivity contribution >= 4 is 0 Å². The van der Waals surface area contributed by atoms with Gasteiger partial charge >= 0.3 is 0 Å². The lowest BCUT2D eigenvalue weighted by Gasteiger charge is -2.10. The summed E-state index contributed by atoms with van der Waals surface area (Å²) in [4.78, 5) is 11.4. The zero-order valence-electron chi connectivity index (χ0n) is 9.20. The molecule has 82 valence electrons. The highest BCUT2D eigenvalue weighted by atomic mass is 16.1. The first kappa shape index (κ1) is 10.4. The van der Waals surface area contributed by atoms with E-state index >= 15 is 0 Å². The Bertz CT molecular complexity index is 379. The van der Waals surface area contributed by atoms with Gasteiger partial charge in [-0.2, -0.15) is 0 Å². The molecule has 15 heavy (non-hydrogen) atoms. The minimum atomic E-state index is 0.0805. The van der Waals surface area contributed by atoms with Crippen LogP contribution in [0.25, 0.3) is 0 Å². The number of pyridine rings is 1. The van der Waals surface area contributed by atoms with E-state index in [9.17, 15) is 4.79 Å². The summed E-state index contributed by atoms with van der Waals surface area (Å²) in [6.45, 7) is 5.01. The van der Waals surface area contributed by atoms with E-state index in [0.29, 0.717) is 5.41 Å². The molecule has 0 aliphatic heterocycles. The van der Waals surface area contributed by atoms with Crippen LogP contribution >= 0.6 is 0 Å². The molecule has 1 aliphatic carbocycles. The maximum absolute atomic E-state index is 11.4. The third kappa shape index (κ3) is 2.93. The lowest BCUT2D eigenvalue weighted by molar-refractivity contribution is 0.481. The fourth-order valence-corrected chi connectivity index (χ4v) is 1.63. The Morgan fingerprint density at radius 2 is 2.27 bits per heavy atom. The van der Waals surface area contributed by atoms with Crippen molar-refractivity contribution in [3.63, 3.8) is 0 Å². The Kier molecular flexibility index (Phi) is 2.91. The van der Waals surface area contributed by atoms with Gasteiger partial charge in [-0.3, -0.25) is 4.79 Å². The predicted molar refractivity (Wildman–Crippen MR) is 60.9 cm³/mol. The van der Waals surface area contributed by atoms with Crippen LogP contribution in [-0.4, -0.2) is 17.7 Å². The van der Waals surface area contributed by atoms with Gasteiger partial charge in [-0.1, -0.05) is 13.0 Å². The molecule has 1 heterocycles. The third-order valence-corrected chi connectivity index (χ3v) is 3.08. The van der Waals surface area contributed by atoms with Crippen molar-refractivity contribution in [1.29, 1.82) is 0 Å². The average molecular weight is 206 g/mol. The van der Waals surface area contributed by atoms with E-state index in [2.05, 4.69) is 12.2 Å². The molecule has 1 saturated carbocycles. The molecule has 0 bridgehead atoms. The van der Waals surface area contributed by atoms with E-state index < -0.39 is 0 Å². The van der Waals surface area contributed by atoms with Crippen molar-refractivity contribution in [3.8, 4) is 0 Å². The standard InChI is InChI=1S/C12H18N2O/c1-12(5-6-12)10-13-7-9-14-8-3-2-4-11(14)15/h2-4,8,13H,5-7,9-10H2,1H3. The van der Waals surface area contributed by atoms with Gasteiger partial charge in [-0.15, -0.1) is 0 Å². The van der Waals surface area contributed by atoms with E-state index in [-0.39, 0.29) is 5.56 Å². The number of hydrogen-bond donors (Lipinski definition) is 1. The molecule has 3 nitrogen and oxygen atoms in total. The Hall–Kier alpha value is -1.09.